The number of hydrogen-bond donors (Lipinski definition) is 1. The van der Waals surface area contributed by atoms with Gasteiger partial charge < -0.3 is 9.84 Å². The molecule has 0 fully saturated rings. The molecule has 0 aliphatic heterocycles. The second-order valence-electron chi connectivity index (χ2n) is 5.10. The highest BCUT2D eigenvalue weighted by molar-refractivity contribution is 5.71. The van der Waals surface area contributed by atoms with Crippen molar-refractivity contribution >= 4 is 5.97 Å². The molecule has 0 spiro atoms. The van der Waals surface area contributed by atoms with Crippen molar-refractivity contribution in [2.24, 2.45) is 0 Å². The molecule has 1 aromatic heterocycles. The molecule has 2 aromatic rings. The molecule has 21 heavy (non-hydrogen) atoms. The van der Waals surface area contributed by atoms with Gasteiger partial charge in [0.25, 0.3) is 0 Å². The Kier molecular flexibility index (Phi) is 4.43. The van der Waals surface area contributed by atoms with E-state index in [1.165, 1.54) is 4.68 Å². The molecule has 1 unspecified atom stereocenters. The highest BCUT2D eigenvalue weighted by Gasteiger charge is 2.16. The Bertz CT molecular complexity index is 662. The number of rotatable bonds is 5. The second kappa shape index (κ2) is 6.10. The molecule has 0 aliphatic rings. The molecule has 5 nitrogen and oxygen atoms in total. The normalized spacial score (nSPS) is 12.4. The summed E-state index contributed by atoms with van der Waals surface area (Å²) in [6, 6.07) is 8.07. The molecule has 1 N–H and O–H groups in total. The van der Waals surface area contributed by atoms with E-state index >= 15 is 0 Å². The number of ether oxygens (including phenoxy) is 1. The van der Waals surface area contributed by atoms with E-state index in [9.17, 15) is 4.79 Å². The first-order chi connectivity index (χ1) is 9.93. The van der Waals surface area contributed by atoms with Crippen molar-refractivity contribution in [1.29, 1.82) is 0 Å². The number of hydrogen-bond acceptors (Lipinski definition) is 3. The van der Waals surface area contributed by atoms with Crippen LogP contribution in [-0.4, -0.2) is 28.0 Å². The predicted octanol–water partition coefficient (Wildman–Crippen LogP) is 2.96. The highest BCUT2D eigenvalue weighted by Crippen LogP contribution is 2.29. The molecule has 0 amide bonds. The van der Waals surface area contributed by atoms with Crippen LogP contribution in [0.3, 0.4) is 0 Å². The van der Waals surface area contributed by atoms with Gasteiger partial charge >= 0.3 is 5.97 Å². The number of aliphatic carboxylic acids is 1. The van der Waals surface area contributed by atoms with Gasteiger partial charge in [-0.1, -0.05) is 18.2 Å². The first kappa shape index (κ1) is 15.3. The Morgan fingerprint density at radius 2 is 2.14 bits per heavy atom. The second-order valence-corrected chi connectivity index (χ2v) is 5.10. The Hall–Kier alpha value is -2.14. The molecule has 0 radical (unpaired) electrons. The largest absolute Gasteiger partial charge is 0.480 e. The maximum Gasteiger partial charge on any atom is 0.325 e. The van der Waals surface area contributed by atoms with Crippen molar-refractivity contribution in [2.75, 3.05) is 7.11 Å². The van der Waals surface area contributed by atoms with Crippen molar-refractivity contribution in [3.8, 4) is 11.1 Å². The summed E-state index contributed by atoms with van der Waals surface area (Å²) >= 11 is 0. The summed E-state index contributed by atoms with van der Waals surface area (Å²) in [5.41, 5.74) is 4.79. The van der Waals surface area contributed by atoms with Crippen LogP contribution < -0.4 is 0 Å². The van der Waals surface area contributed by atoms with Gasteiger partial charge in [-0.2, -0.15) is 5.10 Å². The van der Waals surface area contributed by atoms with Gasteiger partial charge in [0.1, 0.15) is 6.54 Å². The number of carboxylic acid groups (broad SMARTS) is 1. The maximum absolute atomic E-state index is 10.9. The van der Waals surface area contributed by atoms with Gasteiger partial charge in [-0.3, -0.25) is 9.48 Å². The van der Waals surface area contributed by atoms with Crippen LogP contribution in [0.1, 0.15) is 30.0 Å². The SMILES string of the molecule is COC(C)c1cccc(-c2c(C)nn(CC(=O)O)c2C)c1. The molecule has 0 saturated heterocycles. The topological polar surface area (TPSA) is 64.4 Å². The number of methoxy groups -OCH3 is 1. The van der Waals surface area contributed by atoms with Crippen LogP contribution in [0.5, 0.6) is 0 Å². The van der Waals surface area contributed by atoms with Gasteiger partial charge in [0.15, 0.2) is 0 Å². The van der Waals surface area contributed by atoms with E-state index in [2.05, 4.69) is 11.2 Å². The Labute approximate surface area is 124 Å². The molecule has 1 atom stereocenters. The van der Waals surface area contributed by atoms with Crippen LogP contribution in [0.2, 0.25) is 0 Å². The standard InChI is InChI=1S/C16H20N2O3/c1-10-16(11(2)18(17-10)9-15(19)20)14-7-5-6-13(8-14)12(3)21-4/h5-8,12H,9H2,1-4H3,(H,19,20). The lowest BCUT2D eigenvalue weighted by Crippen LogP contribution is -2.11. The average molecular weight is 288 g/mol. The summed E-state index contributed by atoms with van der Waals surface area (Å²) in [5, 5.41) is 13.3. The predicted molar refractivity (Wildman–Crippen MR) is 80.2 cm³/mol. The lowest BCUT2D eigenvalue weighted by molar-refractivity contribution is -0.137. The fourth-order valence-corrected chi connectivity index (χ4v) is 2.48. The van der Waals surface area contributed by atoms with E-state index in [0.29, 0.717) is 0 Å². The molecule has 1 aromatic carbocycles. The van der Waals surface area contributed by atoms with Crippen molar-refractivity contribution in [3.63, 3.8) is 0 Å². The van der Waals surface area contributed by atoms with Crippen LogP contribution in [0.15, 0.2) is 24.3 Å². The van der Waals surface area contributed by atoms with E-state index in [1.54, 1.807) is 7.11 Å². The zero-order valence-corrected chi connectivity index (χ0v) is 12.8. The molecule has 112 valence electrons. The van der Waals surface area contributed by atoms with E-state index in [-0.39, 0.29) is 12.6 Å². The maximum atomic E-state index is 10.9. The monoisotopic (exact) mass is 288 g/mol. The smallest absolute Gasteiger partial charge is 0.325 e. The lowest BCUT2D eigenvalue weighted by Gasteiger charge is -2.11. The average Bonchev–Trinajstić information content (AvgIpc) is 2.72. The van der Waals surface area contributed by atoms with E-state index in [4.69, 9.17) is 9.84 Å². The summed E-state index contributed by atoms with van der Waals surface area (Å²) < 4.78 is 6.87. The summed E-state index contributed by atoms with van der Waals surface area (Å²) in [5.74, 6) is -0.895. The number of benzene rings is 1. The minimum Gasteiger partial charge on any atom is -0.480 e. The van der Waals surface area contributed by atoms with Gasteiger partial charge in [0, 0.05) is 18.4 Å². The van der Waals surface area contributed by atoms with E-state index in [0.717, 1.165) is 28.1 Å². The third kappa shape index (κ3) is 3.13. The fourth-order valence-electron chi connectivity index (χ4n) is 2.48. The minimum atomic E-state index is -0.895. The Morgan fingerprint density at radius 1 is 1.43 bits per heavy atom. The zero-order chi connectivity index (χ0) is 15.6. The van der Waals surface area contributed by atoms with Gasteiger partial charge in [-0.25, -0.2) is 0 Å². The molecule has 0 bridgehead atoms. The van der Waals surface area contributed by atoms with Gasteiger partial charge in [0.2, 0.25) is 0 Å². The summed E-state index contributed by atoms with van der Waals surface area (Å²) in [4.78, 5) is 10.9. The summed E-state index contributed by atoms with van der Waals surface area (Å²) in [6.45, 7) is 5.66. The van der Waals surface area contributed by atoms with Crippen molar-refractivity contribution < 1.29 is 14.6 Å². The number of nitrogens with zero attached hydrogens (tertiary/aromatic N) is 2. The van der Waals surface area contributed by atoms with Crippen LogP contribution in [0, 0.1) is 13.8 Å². The molecular formula is C16H20N2O3. The number of aromatic nitrogens is 2. The minimum absolute atomic E-state index is 0.0135. The third-order valence-corrected chi connectivity index (χ3v) is 3.66. The highest BCUT2D eigenvalue weighted by atomic mass is 16.5. The van der Waals surface area contributed by atoms with Crippen LogP contribution in [0.25, 0.3) is 11.1 Å². The molecular weight excluding hydrogens is 268 g/mol. The quantitative estimate of drug-likeness (QED) is 0.918. The molecule has 5 heteroatoms. The van der Waals surface area contributed by atoms with E-state index in [1.807, 2.05) is 39.0 Å². The molecule has 0 aliphatic carbocycles. The van der Waals surface area contributed by atoms with Crippen LogP contribution in [0.4, 0.5) is 0 Å². The van der Waals surface area contributed by atoms with Crippen molar-refractivity contribution in [3.05, 3.63) is 41.2 Å². The van der Waals surface area contributed by atoms with Crippen molar-refractivity contribution in [2.45, 2.75) is 33.4 Å². The van der Waals surface area contributed by atoms with E-state index < -0.39 is 5.97 Å². The van der Waals surface area contributed by atoms with Crippen LogP contribution in [-0.2, 0) is 16.1 Å². The van der Waals surface area contributed by atoms with Gasteiger partial charge in [-0.05, 0) is 38.0 Å². The first-order valence-electron chi connectivity index (χ1n) is 6.83. The first-order valence-corrected chi connectivity index (χ1v) is 6.83. The number of aryl methyl sites for hydroxylation is 1. The van der Waals surface area contributed by atoms with Crippen molar-refractivity contribution in [1.82, 2.24) is 9.78 Å². The zero-order valence-electron chi connectivity index (χ0n) is 12.8. The van der Waals surface area contributed by atoms with Gasteiger partial charge in [0.05, 0.1) is 11.8 Å². The van der Waals surface area contributed by atoms with Crippen LogP contribution >= 0.6 is 0 Å². The summed E-state index contributed by atoms with van der Waals surface area (Å²) in [7, 11) is 1.68. The molecule has 1 heterocycles. The van der Waals surface area contributed by atoms with Gasteiger partial charge in [-0.15, -0.1) is 0 Å². The third-order valence-electron chi connectivity index (χ3n) is 3.66. The Balaban J connectivity index is 2.47. The Morgan fingerprint density at radius 3 is 2.76 bits per heavy atom. The number of carbonyl (C=O) groups is 1. The fraction of sp³-hybridized carbons (Fsp3) is 0.375. The lowest BCUT2D eigenvalue weighted by atomic mass is 10.00. The summed E-state index contributed by atoms with van der Waals surface area (Å²) in [6.07, 6.45) is 0.0135. The number of carboxylic acids is 1. The molecule has 0 saturated carbocycles. The molecule has 2 rings (SSSR count).